The summed E-state index contributed by atoms with van der Waals surface area (Å²) in [6.07, 6.45) is 12.3. The number of hydrogen-bond acceptors (Lipinski definition) is 5. The van der Waals surface area contributed by atoms with Crippen LogP contribution in [0.4, 0.5) is 4.79 Å². The fourth-order valence-corrected chi connectivity index (χ4v) is 5.63. The van der Waals surface area contributed by atoms with Crippen molar-refractivity contribution in [1.29, 1.82) is 0 Å². The molecule has 2 amide bonds. The third-order valence-corrected chi connectivity index (χ3v) is 7.97. The van der Waals surface area contributed by atoms with Crippen molar-refractivity contribution in [2.45, 2.75) is 102 Å². The van der Waals surface area contributed by atoms with E-state index in [2.05, 4.69) is 22.8 Å². The molecule has 0 saturated carbocycles. The van der Waals surface area contributed by atoms with Crippen LogP contribution < -0.4 is 10.6 Å². The fourth-order valence-electron chi connectivity index (χ4n) is 5.63. The second-order valence-electron chi connectivity index (χ2n) is 11.3. The van der Waals surface area contributed by atoms with Crippen LogP contribution in [-0.2, 0) is 19.1 Å². The van der Waals surface area contributed by atoms with Gasteiger partial charge in [-0.25, -0.2) is 9.59 Å². The minimum absolute atomic E-state index is 0.0961. The molecule has 0 fully saturated rings. The Morgan fingerprint density at radius 2 is 1.14 bits per heavy atom. The number of rotatable bonds is 21. The Labute approximate surface area is 254 Å². The zero-order valence-electron chi connectivity index (χ0n) is 25.0. The van der Waals surface area contributed by atoms with E-state index in [-0.39, 0.29) is 37.8 Å². The summed E-state index contributed by atoms with van der Waals surface area (Å²) in [5.41, 5.74) is 4.42. The molecule has 9 heteroatoms. The number of carboxylic acid groups (broad SMARTS) is 2. The zero-order chi connectivity index (χ0) is 30.9. The molecule has 0 radical (unpaired) electrons. The van der Waals surface area contributed by atoms with Gasteiger partial charge in [0, 0.05) is 18.8 Å². The van der Waals surface area contributed by atoms with Crippen LogP contribution in [0.2, 0.25) is 0 Å². The van der Waals surface area contributed by atoms with E-state index in [1.807, 2.05) is 36.4 Å². The average molecular weight is 595 g/mol. The highest BCUT2D eigenvalue weighted by atomic mass is 16.5. The summed E-state index contributed by atoms with van der Waals surface area (Å²) >= 11 is 0. The molecule has 1 aliphatic rings. The van der Waals surface area contributed by atoms with Crippen molar-refractivity contribution in [2.24, 2.45) is 0 Å². The Kier molecular flexibility index (Phi) is 14.6. The quantitative estimate of drug-likeness (QED) is 0.119. The summed E-state index contributed by atoms with van der Waals surface area (Å²) in [5.74, 6) is -2.37. The molecule has 4 N–H and O–H groups in total. The normalized spacial score (nSPS) is 12.7. The molecule has 43 heavy (non-hydrogen) atoms. The molecule has 2 aromatic rings. The van der Waals surface area contributed by atoms with Gasteiger partial charge in [0.25, 0.3) is 0 Å². The molecule has 0 heterocycles. The molecule has 3 rings (SSSR count). The van der Waals surface area contributed by atoms with Gasteiger partial charge in [-0.1, -0.05) is 113 Å². The van der Waals surface area contributed by atoms with Crippen molar-refractivity contribution in [3.63, 3.8) is 0 Å². The molecular formula is C34H46N2O7. The summed E-state index contributed by atoms with van der Waals surface area (Å²) < 4.78 is 5.46. The van der Waals surface area contributed by atoms with Gasteiger partial charge in [0.2, 0.25) is 5.91 Å². The number of aliphatic carboxylic acids is 2. The molecule has 9 nitrogen and oxygen atoms in total. The number of unbranched alkanes of at least 4 members (excludes halogenated alkanes) is 11. The summed E-state index contributed by atoms with van der Waals surface area (Å²) in [6, 6.07) is 14.8. The van der Waals surface area contributed by atoms with E-state index in [0.717, 1.165) is 73.6 Å². The molecule has 1 aliphatic carbocycles. The Hall–Kier alpha value is -3.88. The highest BCUT2D eigenvalue weighted by molar-refractivity contribution is 5.84. The van der Waals surface area contributed by atoms with E-state index in [0.29, 0.717) is 6.42 Å². The number of carbonyl (C=O) groups is 4. The molecule has 1 unspecified atom stereocenters. The number of nitrogens with one attached hydrogen (secondary N) is 2. The first-order chi connectivity index (χ1) is 20.9. The lowest BCUT2D eigenvalue weighted by molar-refractivity contribution is -0.141. The second kappa shape index (κ2) is 18.6. The highest BCUT2D eigenvalue weighted by Gasteiger charge is 2.29. The van der Waals surface area contributed by atoms with E-state index < -0.39 is 24.1 Å². The van der Waals surface area contributed by atoms with Gasteiger partial charge in [-0.15, -0.1) is 0 Å². The number of ether oxygens (including phenoxy) is 1. The van der Waals surface area contributed by atoms with E-state index in [1.165, 1.54) is 19.3 Å². The lowest BCUT2D eigenvalue weighted by Crippen LogP contribution is -2.48. The number of fused-ring (bicyclic) bond motifs is 3. The predicted molar refractivity (Wildman–Crippen MR) is 165 cm³/mol. The van der Waals surface area contributed by atoms with Crippen molar-refractivity contribution in [3.8, 4) is 11.1 Å². The predicted octanol–water partition coefficient (Wildman–Crippen LogP) is 6.64. The van der Waals surface area contributed by atoms with E-state index >= 15 is 0 Å². The summed E-state index contributed by atoms with van der Waals surface area (Å²) in [4.78, 5) is 46.9. The fraction of sp³-hybridized carbons (Fsp3) is 0.529. The number of alkyl carbamates (subject to hydrolysis) is 1. The number of amides is 2. The average Bonchev–Trinajstić information content (AvgIpc) is 3.31. The van der Waals surface area contributed by atoms with Crippen molar-refractivity contribution in [2.75, 3.05) is 13.2 Å². The van der Waals surface area contributed by atoms with Gasteiger partial charge in [0.05, 0.1) is 6.54 Å². The minimum atomic E-state index is -1.23. The first kappa shape index (κ1) is 33.6. The minimum Gasteiger partial charge on any atom is -0.481 e. The van der Waals surface area contributed by atoms with Crippen LogP contribution >= 0.6 is 0 Å². The standard InChI is InChI=1S/C34H46N2O7/c37-31(21-11-9-7-5-3-1-2-4-6-8-10-12-22-32(38)39)36-30(33(40)41)23-35-34(42)43-24-29-27-19-15-13-17-25(27)26-18-14-16-20-28(26)29/h13-20,29-30H,1-12,21-24H2,(H,35,42)(H,36,37)(H,38,39)(H,40,41). The van der Waals surface area contributed by atoms with Crippen molar-refractivity contribution < 1.29 is 34.1 Å². The maximum Gasteiger partial charge on any atom is 0.407 e. The highest BCUT2D eigenvalue weighted by Crippen LogP contribution is 2.44. The molecule has 2 aromatic carbocycles. The maximum atomic E-state index is 12.4. The summed E-state index contributed by atoms with van der Waals surface area (Å²) in [6.45, 7) is -0.139. The van der Waals surface area contributed by atoms with Gasteiger partial charge in [0.1, 0.15) is 12.6 Å². The third-order valence-electron chi connectivity index (χ3n) is 7.97. The third kappa shape index (κ3) is 11.7. The first-order valence-electron chi connectivity index (χ1n) is 15.7. The van der Waals surface area contributed by atoms with Gasteiger partial charge in [-0.2, -0.15) is 0 Å². The smallest absolute Gasteiger partial charge is 0.407 e. The van der Waals surface area contributed by atoms with Crippen molar-refractivity contribution in [1.82, 2.24) is 10.6 Å². The van der Waals surface area contributed by atoms with E-state index in [4.69, 9.17) is 9.84 Å². The van der Waals surface area contributed by atoms with Crippen LogP contribution in [0.3, 0.4) is 0 Å². The van der Waals surface area contributed by atoms with Gasteiger partial charge in [-0.3, -0.25) is 9.59 Å². The second-order valence-corrected chi connectivity index (χ2v) is 11.3. The number of benzene rings is 2. The molecule has 0 spiro atoms. The number of hydrogen-bond donors (Lipinski definition) is 4. The topological polar surface area (TPSA) is 142 Å². The Morgan fingerprint density at radius 3 is 1.63 bits per heavy atom. The molecule has 0 bridgehead atoms. The van der Waals surface area contributed by atoms with Crippen LogP contribution in [-0.4, -0.2) is 53.3 Å². The molecule has 234 valence electrons. The monoisotopic (exact) mass is 594 g/mol. The van der Waals surface area contributed by atoms with Gasteiger partial charge in [0.15, 0.2) is 0 Å². The van der Waals surface area contributed by atoms with Crippen LogP contribution in [0.25, 0.3) is 11.1 Å². The molecule has 0 aliphatic heterocycles. The van der Waals surface area contributed by atoms with Crippen molar-refractivity contribution in [3.05, 3.63) is 59.7 Å². The van der Waals surface area contributed by atoms with Gasteiger partial charge in [-0.05, 0) is 35.1 Å². The lowest BCUT2D eigenvalue weighted by atomic mass is 9.98. The Morgan fingerprint density at radius 1 is 0.674 bits per heavy atom. The zero-order valence-corrected chi connectivity index (χ0v) is 25.0. The van der Waals surface area contributed by atoms with Crippen LogP contribution in [0, 0.1) is 0 Å². The maximum absolute atomic E-state index is 12.4. The molecule has 0 saturated heterocycles. The van der Waals surface area contributed by atoms with Crippen LogP contribution in [0.15, 0.2) is 48.5 Å². The number of carboxylic acids is 2. The lowest BCUT2D eigenvalue weighted by Gasteiger charge is -2.17. The largest absolute Gasteiger partial charge is 0.481 e. The Balaban J connectivity index is 1.24. The van der Waals surface area contributed by atoms with E-state index in [9.17, 15) is 24.3 Å². The van der Waals surface area contributed by atoms with Crippen LogP contribution in [0.5, 0.6) is 0 Å². The molecular weight excluding hydrogens is 548 g/mol. The van der Waals surface area contributed by atoms with Crippen LogP contribution in [0.1, 0.15) is 107 Å². The summed E-state index contributed by atoms with van der Waals surface area (Å²) in [5, 5.41) is 23.2. The summed E-state index contributed by atoms with van der Waals surface area (Å²) in [7, 11) is 0. The first-order valence-corrected chi connectivity index (χ1v) is 15.7. The Bertz CT molecular complexity index is 1150. The van der Waals surface area contributed by atoms with Gasteiger partial charge >= 0.3 is 18.0 Å². The van der Waals surface area contributed by atoms with E-state index in [1.54, 1.807) is 0 Å². The number of carbonyl (C=O) groups excluding carboxylic acids is 2. The molecule has 1 atom stereocenters. The van der Waals surface area contributed by atoms with Gasteiger partial charge < -0.3 is 25.6 Å². The molecule has 0 aromatic heterocycles. The SMILES string of the molecule is O=C(O)CCCCCCCCCCCCCCC(=O)NC(CNC(=O)OCC1c2ccccc2-c2ccccc21)C(=O)O. The van der Waals surface area contributed by atoms with Crippen molar-refractivity contribution >= 4 is 23.9 Å².